The van der Waals surface area contributed by atoms with Gasteiger partial charge in [0.15, 0.2) is 0 Å². The van der Waals surface area contributed by atoms with Gasteiger partial charge < -0.3 is 15.1 Å². The molecule has 0 aromatic heterocycles. The lowest BCUT2D eigenvalue weighted by Crippen LogP contribution is -2.54. The molecule has 1 saturated heterocycles. The van der Waals surface area contributed by atoms with E-state index in [9.17, 15) is 4.79 Å². The van der Waals surface area contributed by atoms with E-state index in [0.717, 1.165) is 32.7 Å². The molecule has 1 unspecified atom stereocenters. The standard InChI is InChI=1S/C12H26N4O/c1-5-15(3)12(17)9-13-8-11-10-14(2)6-7-16(11)4/h11,13H,5-10H2,1-4H3. The smallest absolute Gasteiger partial charge is 0.236 e. The van der Waals surface area contributed by atoms with E-state index in [0.29, 0.717) is 12.6 Å². The Morgan fingerprint density at radius 1 is 1.41 bits per heavy atom. The predicted molar refractivity (Wildman–Crippen MR) is 70.1 cm³/mol. The minimum absolute atomic E-state index is 0.166. The van der Waals surface area contributed by atoms with Crippen LogP contribution in [0.25, 0.3) is 0 Å². The second-order valence-corrected chi connectivity index (χ2v) is 4.94. The van der Waals surface area contributed by atoms with Gasteiger partial charge in [0.25, 0.3) is 0 Å². The van der Waals surface area contributed by atoms with Gasteiger partial charge in [-0.2, -0.15) is 0 Å². The summed E-state index contributed by atoms with van der Waals surface area (Å²) in [6.07, 6.45) is 0. The lowest BCUT2D eigenvalue weighted by Gasteiger charge is -2.37. The van der Waals surface area contributed by atoms with Gasteiger partial charge in [0.2, 0.25) is 5.91 Å². The van der Waals surface area contributed by atoms with Crippen LogP contribution in [-0.2, 0) is 4.79 Å². The summed E-state index contributed by atoms with van der Waals surface area (Å²) < 4.78 is 0. The molecule has 1 aliphatic rings. The van der Waals surface area contributed by atoms with Gasteiger partial charge in [-0.3, -0.25) is 9.69 Å². The third kappa shape index (κ3) is 4.61. The summed E-state index contributed by atoms with van der Waals surface area (Å²) in [4.78, 5) is 18.0. The zero-order valence-electron chi connectivity index (χ0n) is 11.6. The Morgan fingerprint density at radius 3 is 2.76 bits per heavy atom. The first-order chi connectivity index (χ1) is 8.04. The Kier molecular flexibility index (Phi) is 5.88. The minimum atomic E-state index is 0.166. The molecule has 5 nitrogen and oxygen atoms in total. The average molecular weight is 242 g/mol. The Bertz CT molecular complexity index is 247. The summed E-state index contributed by atoms with van der Waals surface area (Å²) in [5, 5.41) is 3.26. The van der Waals surface area contributed by atoms with Gasteiger partial charge in [-0.25, -0.2) is 0 Å². The Labute approximate surface area is 105 Å². The monoisotopic (exact) mass is 242 g/mol. The third-order valence-corrected chi connectivity index (χ3v) is 3.54. The number of nitrogens with one attached hydrogen (secondary N) is 1. The molecule has 5 heteroatoms. The first-order valence-electron chi connectivity index (χ1n) is 6.38. The van der Waals surface area contributed by atoms with Crippen molar-refractivity contribution in [2.45, 2.75) is 13.0 Å². The fourth-order valence-corrected chi connectivity index (χ4v) is 1.98. The van der Waals surface area contributed by atoms with Gasteiger partial charge in [0.1, 0.15) is 0 Å². The highest BCUT2D eigenvalue weighted by Gasteiger charge is 2.21. The van der Waals surface area contributed by atoms with Gasteiger partial charge in [-0.05, 0) is 21.0 Å². The molecule has 0 aromatic rings. The summed E-state index contributed by atoms with van der Waals surface area (Å²) in [5.74, 6) is 0.166. The average Bonchev–Trinajstić information content (AvgIpc) is 2.32. The lowest BCUT2D eigenvalue weighted by atomic mass is 10.2. The number of hydrogen-bond donors (Lipinski definition) is 1. The zero-order chi connectivity index (χ0) is 12.8. The molecule has 1 aliphatic heterocycles. The minimum Gasteiger partial charge on any atom is -0.345 e. The van der Waals surface area contributed by atoms with E-state index >= 15 is 0 Å². The molecule has 0 saturated carbocycles. The maximum absolute atomic E-state index is 11.6. The zero-order valence-corrected chi connectivity index (χ0v) is 11.6. The highest BCUT2D eigenvalue weighted by molar-refractivity contribution is 5.77. The molecule has 0 bridgehead atoms. The van der Waals surface area contributed by atoms with Gasteiger partial charge in [-0.15, -0.1) is 0 Å². The Hall–Kier alpha value is -0.650. The molecule has 0 aromatic carbocycles. The second kappa shape index (κ2) is 6.93. The van der Waals surface area contributed by atoms with Gasteiger partial charge in [0, 0.05) is 45.8 Å². The topological polar surface area (TPSA) is 38.8 Å². The third-order valence-electron chi connectivity index (χ3n) is 3.54. The van der Waals surface area contributed by atoms with Crippen molar-refractivity contribution in [3.63, 3.8) is 0 Å². The summed E-state index contributed by atoms with van der Waals surface area (Å²) in [7, 11) is 6.14. The highest BCUT2D eigenvalue weighted by Crippen LogP contribution is 2.04. The molecular formula is C12H26N4O. The molecule has 1 N–H and O–H groups in total. The van der Waals surface area contributed by atoms with Gasteiger partial charge in [-0.1, -0.05) is 0 Å². The van der Waals surface area contributed by atoms with Gasteiger partial charge >= 0.3 is 0 Å². The van der Waals surface area contributed by atoms with Crippen LogP contribution in [0.5, 0.6) is 0 Å². The summed E-state index contributed by atoms with van der Waals surface area (Å²) in [5.41, 5.74) is 0. The number of nitrogens with zero attached hydrogens (tertiary/aromatic N) is 3. The van der Waals surface area contributed by atoms with E-state index in [1.54, 1.807) is 4.90 Å². The normalized spacial score (nSPS) is 22.7. The molecule has 0 aliphatic carbocycles. The van der Waals surface area contributed by atoms with Crippen molar-refractivity contribution in [1.29, 1.82) is 0 Å². The predicted octanol–water partition coefficient (Wildman–Crippen LogP) is -0.700. The molecular weight excluding hydrogens is 216 g/mol. The molecule has 17 heavy (non-hydrogen) atoms. The lowest BCUT2D eigenvalue weighted by molar-refractivity contribution is -0.128. The highest BCUT2D eigenvalue weighted by atomic mass is 16.2. The number of carbonyl (C=O) groups is 1. The van der Waals surface area contributed by atoms with Crippen LogP contribution < -0.4 is 5.32 Å². The largest absolute Gasteiger partial charge is 0.345 e. The van der Waals surface area contributed by atoms with Crippen molar-refractivity contribution < 1.29 is 4.79 Å². The molecule has 1 rings (SSSR count). The fourth-order valence-electron chi connectivity index (χ4n) is 1.98. The number of carbonyl (C=O) groups excluding carboxylic acids is 1. The van der Waals surface area contributed by atoms with Crippen molar-refractivity contribution in [3.8, 4) is 0 Å². The first-order valence-corrected chi connectivity index (χ1v) is 6.38. The van der Waals surface area contributed by atoms with E-state index in [-0.39, 0.29) is 5.91 Å². The van der Waals surface area contributed by atoms with Crippen LogP contribution >= 0.6 is 0 Å². The van der Waals surface area contributed by atoms with Crippen LogP contribution in [0.3, 0.4) is 0 Å². The fraction of sp³-hybridized carbons (Fsp3) is 0.917. The number of likely N-dealkylation sites (N-methyl/N-ethyl adjacent to an activating group) is 3. The summed E-state index contributed by atoms with van der Waals surface area (Å²) in [6.45, 7) is 7.38. The molecule has 100 valence electrons. The van der Waals surface area contributed by atoms with Crippen LogP contribution in [0.2, 0.25) is 0 Å². The van der Waals surface area contributed by atoms with Crippen molar-refractivity contribution in [1.82, 2.24) is 20.0 Å². The van der Waals surface area contributed by atoms with E-state index in [4.69, 9.17) is 0 Å². The number of rotatable bonds is 5. The van der Waals surface area contributed by atoms with Gasteiger partial charge in [0.05, 0.1) is 6.54 Å². The molecule has 1 heterocycles. The van der Waals surface area contributed by atoms with Crippen LogP contribution in [0, 0.1) is 0 Å². The molecule has 0 radical (unpaired) electrons. The van der Waals surface area contributed by atoms with E-state index < -0.39 is 0 Å². The van der Waals surface area contributed by atoms with Crippen molar-refractivity contribution in [2.24, 2.45) is 0 Å². The maximum atomic E-state index is 11.6. The van der Waals surface area contributed by atoms with E-state index in [1.165, 1.54) is 0 Å². The number of amides is 1. The Morgan fingerprint density at radius 2 is 2.12 bits per heavy atom. The molecule has 1 amide bonds. The molecule has 1 atom stereocenters. The summed E-state index contributed by atoms with van der Waals surface area (Å²) in [6, 6.07) is 0.508. The van der Waals surface area contributed by atoms with E-state index in [2.05, 4.69) is 29.2 Å². The molecule has 1 fully saturated rings. The van der Waals surface area contributed by atoms with Crippen molar-refractivity contribution in [3.05, 3.63) is 0 Å². The quantitative estimate of drug-likeness (QED) is 0.692. The summed E-state index contributed by atoms with van der Waals surface area (Å²) >= 11 is 0. The SMILES string of the molecule is CCN(C)C(=O)CNCC1CN(C)CCN1C. The first kappa shape index (κ1) is 14.4. The second-order valence-electron chi connectivity index (χ2n) is 4.94. The van der Waals surface area contributed by atoms with Crippen molar-refractivity contribution in [2.75, 3.05) is 60.4 Å². The maximum Gasteiger partial charge on any atom is 0.236 e. The number of piperazine rings is 1. The molecule has 0 spiro atoms. The van der Waals surface area contributed by atoms with Crippen molar-refractivity contribution >= 4 is 5.91 Å². The van der Waals surface area contributed by atoms with Crippen LogP contribution in [0.4, 0.5) is 0 Å². The van der Waals surface area contributed by atoms with Crippen LogP contribution in [0.1, 0.15) is 6.92 Å². The number of hydrogen-bond acceptors (Lipinski definition) is 4. The van der Waals surface area contributed by atoms with E-state index in [1.807, 2.05) is 14.0 Å². The Balaban J connectivity index is 2.23. The van der Waals surface area contributed by atoms with Crippen LogP contribution in [0.15, 0.2) is 0 Å². The van der Waals surface area contributed by atoms with Crippen LogP contribution in [-0.4, -0.2) is 87.1 Å².